The first-order chi connectivity index (χ1) is 14.5. The van der Waals surface area contributed by atoms with Crippen LogP contribution in [0, 0.1) is 0 Å². The van der Waals surface area contributed by atoms with Gasteiger partial charge >= 0.3 is 5.97 Å². The molecule has 30 heavy (non-hydrogen) atoms. The second-order valence-corrected chi connectivity index (χ2v) is 7.15. The summed E-state index contributed by atoms with van der Waals surface area (Å²) in [6.45, 7) is 1.46. The van der Waals surface area contributed by atoms with Gasteiger partial charge in [-0.1, -0.05) is 24.3 Å². The molecule has 0 fully saturated rings. The maximum Gasteiger partial charge on any atom is 0.363 e. The first-order valence-corrected chi connectivity index (χ1v) is 9.91. The van der Waals surface area contributed by atoms with Crippen molar-refractivity contribution in [1.82, 2.24) is 4.98 Å². The number of carbonyl (C=O) groups excluding carboxylic acids is 2. The third-order valence-electron chi connectivity index (χ3n) is 4.25. The molecule has 3 aromatic rings. The SMILES string of the molecule is COc1cccc(N(C(C)=O)c2nc(/C=C3\N=C(c4ccccc4)OC3=O)cs2)c1. The first-order valence-electron chi connectivity index (χ1n) is 9.03. The van der Waals surface area contributed by atoms with Crippen LogP contribution < -0.4 is 9.64 Å². The van der Waals surface area contributed by atoms with Crippen LogP contribution in [0.2, 0.25) is 0 Å². The molecule has 1 amide bonds. The number of nitrogens with zero attached hydrogens (tertiary/aromatic N) is 3. The molecule has 150 valence electrons. The Bertz CT molecular complexity index is 1170. The molecule has 0 atom stereocenters. The number of esters is 1. The number of ether oxygens (including phenoxy) is 2. The van der Waals surface area contributed by atoms with Crippen molar-refractivity contribution in [1.29, 1.82) is 0 Å². The number of aromatic nitrogens is 1. The molecule has 0 saturated carbocycles. The van der Waals surface area contributed by atoms with Crippen molar-refractivity contribution in [2.75, 3.05) is 12.0 Å². The summed E-state index contributed by atoms with van der Waals surface area (Å²) in [5.41, 5.74) is 2.02. The summed E-state index contributed by atoms with van der Waals surface area (Å²) in [6.07, 6.45) is 1.54. The quantitative estimate of drug-likeness (QED) is 0.458. The largest absolute Gasteiger partial charge is 0.497 e. The number of hydrogen-bond donors (Lipinski definition) is 0. The molecule has 0 bridgehead atoms. The minimum Gasteiger partial charge on any atom is -0.497 e. The summed E-state index contributed by atoms with van der Waals surface area (Å²) in [6, 6.07) is 16.3. The summed E-state index contributed by atoms with van der Waals surface area (Å²) in [4.78, 5) is 34.7. The number of hydrogen-bond acceptors (Lipinski definition) is 7. The average Bonchev–Trinajstić information content (AvgIpc) is 3.36. The number of carbonyl (C=O) groups is 2. The molecule has 4 rings (SSSR count). The van der Waals surface area contributed by atoms with Crippen LogP contribution in [0.5, 0.6) is 5.75 Å². The molecule has 2 aromatic carbocycles. The summed E-state index contributed by atoms with van der Waals surface area (Å²) in [5.74, 6) is 0.152. The predicted molar refractivity (Wildman–Crippen MR) is 115 cm³/mol. The Hall–Kier alpha value is -3.78. The molecule has 0 unspecified atom stereocenters. The highest BCUT2D eigenvalue weighted by Crippen LogP contribution is 2.32. The highest BCUT2D eigenvalue weighted by atomic mass is 32.1. The van der Waals surface area contributed by atoms with E-state index in [-0.39, 0.29) is 17.5 Å². The highest BCUT2D eigenvalue weighted by molar-refractivity contribution is 7.14. The van der Waals surface area contributed by atoms with Crippen molar-refractivity contribution in [3.05, 3.63) is 76.9 Å². The second-order valence-electron chi connectivity index (χ2n) is 6.31. The fourth-order valence-corrected chi connectivity index (χ4v) is 3.72. The van der Waals surface area contributed by atoms with Crippen molar-refractivity contribution in [2.24, 2.45) is 4.99 Å². The van der Waals surface area contributed by atoms with Crippen molar-refractivity contribution >= 4 is 46.0 Å². The van der Waals surface area contributed by atoms with Crippen LogP contribution in [0.15, 0.2) is 70.7 Å². The molecule has 1 aliphatic heterocycles. The maximum atomic E-state index is 12.3. The molecule has 0 N–H and O–H groups in total. The van der Waals surface area contributed by atoms with Crippen LogP contribution in [-0.2, 0) is 14.3 Å². The number of thiazole rings is 1. The Morgan fingerprint density at radius 1 is 1.17 bits per heavy atom. The zero-order valence-corrected chi connectivity index (χ0v) is 17.1. The lowest BCUT2D eigenvalue weighted by molar-refractivity contribution is -0.130. The van der Waals surface area contributed by atoms with Crippen molar-refractivity contribution in [3.63, 3.8) is 0 Å². The Morgan fingerprint density at radius 2 is 1.97 bits per heavy atom. The zero-order chi connectivity index (χ0) is 21.1. The maximum absolute atomic E-state index is 12.3. The molecule has 8 heteroatoms. The topological polar surface area (TPSA) is 81.1 Å². The molecule has 0 radical (unpaired) electrons. The van der Waals surface area contributed by atoms with Gasteiger partial charge in [0, 0.05) is 23.9 Å². The Balaban J connectivity index is 1.63. The fraction of sp³-hybridized carbons (Fsp3) is 0.0909. The van der Waals surface area contributed by atoms with Crippen LogP contribution in [0.25, 0.3) is 6.08 Å². The van der Waals surface area contributed by atoms with Gasteiger partial charge in [-0.3, -0.25) is 9.69 Å². The van der Waals surface area contributed by atoms with Gasteiger partial charge in [-0.25, -0.2) is 14.8 Å². The van der Waals surface area contributed by atoms with Gasteiger partial charge in [-0.15, -0.1) is 11.3 Å². The van der Waals surface area contributed by atoms with E-state index in [1.807, 2.05) is 30.3 Å². The number of anilines is 2. The van der Waals surface area contributed by atoms with Crippen LogP contribution >= 0.6 is 11.3 Å². The molecule has 1 aromatic heterocycles. The van der Waals surface area contributed by atoms with E-state index in [0.717, 1.165) is 0 Å². The van der Waals surface area contributed by atoms with Gasteiger partial charge in [0.25, 0.3) is 0 Å². The fourth-order valence-electron chi connectivity index (χ4n) is 2.88. The second kappa shape index (κ2) is 8.30. The van der Waals surface area contributed by atoms with Crippen LogP contribution in [0.1, 0.15) is 18.2 Å². The number of aliphatic imine (C=N–C) groups is 1. The third-order valence-corrected chi connectivity index (χ3v) is 5.10. The molecule has 0 spiro atoms. The summed E-state index contributed by atoms with van der Waals surface area (Å²) >= 11 is 1.28. The van der Waals surface area contributed by atoms with E-state index in [2.05, 4.69) is 9.98 Å². The van der Waals surface area contributed by atoms with Gasteiger partial charge in [0.05, 0.1) is 18.5 Å². The minimum absolute atomic E-state index is 0.154. The Kier molecular flexibility index (Phi) is 5.40. The van der Waals surface area contributed by atoms with Crippen LogP contribution in [0.3, 0.4) is 0 Å². The van der Waals surface area contributed by atoms with E-state index >= 15 is 0 Å². The van der Waals surface area contributed by atoms with Gasteiger partial charge in [0.15, 0.2) is 10.8 Å². The molecular weight excluding hydrogens is 402 g/mol. The van der Waals surface area contributed by atoms with Crippen molar-refractivity contribution < 1.29 is 19.1 Å². The lowest BCUT2D eigenvalue weighted by Gasteiger charge is -2.18. The third kappa shape index (κ3) is 3.99. The normalized spacial score (nSPS) is 14.4. The number of cyclic esters (lactones) is 1. The molecule has 2 heterocycles. The molecule has 0 aliphatic carbocycles. The summed E-state index contributed by atoms with van der Waals surface area (Å²) in [5, 5.41) is 2.23. The number of amides is 1. The smallest absolute Gasteiger partial charge is 0.363 e. The van der Waals surface area contributed by atoms with Gasteiger partial charge in [0.1, 0.15) is 5.75 Å². The number of methoxy groups -OCH3 is 1. The van der Waals surface area contributed by atoms with Gasteiger partial charge in [-0.05, 0) is 30.3 Å². The van der Waals surface area contributed by atoms with E-state index in [0.29, 0.717) is 27.8 Å². The number of benzene rings is 2. The van der Waals surface area contributed by atoms with E-state index < -0.39 is 5.97 Å². The predicted octanol–water partition coefficient (Wildman–Crippen LogP) is 4.18. The molecule has 1 aliphatic rings. The van der Waals surface area contributed by atoms with Gasteiger partial charge in [-0.2, -0.15) is 0 Å². The first kappa shape index (κ1) is 19.5. The average molecular weight is 419 g/mol. The van der Waals surface area contributed by atoms with Crippen molar-refractivity contribution in [3.8, 4) is 5.75 Å². The van der Waals surface area contributed by atoms with Crippen LogP contribution in [0.4, 0.5) is 10.8 Å². The molecule has 7 nitrogen and oxygen atoms in total. The van der Waals surface area contributed by atoms with Crippen LogP contribution in [-0.4, -0.2) is 29.9 Å². The van der Waals surface area contributed by atoms with E-state index in [4.69, 9.17) is 9.47 Å². The zero-order valence-electron chi connectivity index (χ0n) is 16.2. The Morgan fingerprint density at radius 3 is 2.70 bits per heavy atom. The summed E-state index contributed by atoms with van der Waals surface area (Å²) < 4.78 is 10.5. The van der Waals surface area contributed by atoms with Gasteiger partial charge in [0.2, 0.25) is 11.8 Å². The Labute approximate surface area is 176 Å². The van der Waals surface area contributed by atoms with E-state index in [1.54, 1.807) is 42.8 Å². The van der Waals surface area contributed by atoms with E-state index in [9.17, 15) is 9.59 Å². The van der Waals surface area contributed by atoms with Crippen molar-refractivity contribution in [2.45, 2.75) is 6.92 Å². The number of rotatable bonds is 5. The molecule has 0 saturated heterocycles. The standard InChI is InChI=1S/C22H17N3O4S/c1-14(26)25(17-9-6-10-18(12-17)28-2)22-23-16(13-30-22)11-19-21(27)29-20(24-19)15-7-4-3-5-8-15/h3-13H,1-2H3/b19-11-. The molecular formula is C22H17N3O4S. The highest BCUT2D eigenvalue weighted by Gasteiger charge is 2.25. The lowest BCUT2D eigenvalue weighted by atomic mass is 10.2. The van der Waals surface area contributed by atoms with E-state index in [1.165, 1.54) is 23.2 Å². The lowest BCUT2D eigenvalue weighted by Crippen LogP contribution is -2.22. The summed E-state index contributed by atoms with van der Waals surface area (Å²) in [7, 11) is 1.57. The monoisotopic (exact) mass is 419 g/mol. The minimum atomic E-state index is -0.542. The van der Waals surface area contributed by atoms with Gasteiger partial charge < -0.3 is 9.47 Å².